The zero-order valence-corrected chi connectivity index (χ0v) is 5.56. The van der Waals surface area contributed by atoms with Gasteiger partial charge in [0.05, 0.1) is 0 Å². The summed E-state index contributed by atoms with van der Waals surface area (Å²) >= 11 is 0. The van der Waals surface area contributed by atoms with Crippen LogP contribution in [-0.2, 0) is 4.79 Å². The SMILES string of the molecule is C.CCC(=O)NN(C)C. The van der Waals surface area contributed by atoms with Crippen molar-refractivity contribution in [2.24, 2.45) is 0 Å². The van der Waals surface area contributed by atoms with Gasteiger partial charge in [0.2, 0.25) is 5.91 Å². The summed E-state index contributed by atoms with van der Waals surface area (Å²) < 4.78 is 0. The normalized spacial score (nSPS) is 8.44. The van der Waals surface area contributed by atoms with Crippen LogP contribution in [0.3, 0.4) is 0 Å². The van der Waals surface area contributed by atoms with E-state index in [0.717, 1.165) is 0 Å². The largest absolute Gasteiger partial charge is 0.289 e. The number of hydrogen-bond donors (Lipinski definition) is 1. The topological polar surface area (TPSA) is 32.3 Å². The molecule has 0 heterocycles. The highest BCUT2D eigenvalue weighted by Gasteiger charge is 1.93. The summed E-state index contributed by atoms with van der Waals surface area (Å²) in [4.78, 5) is 10.5. The van der Waals surface area contributed by atoms with Crippen LogP contribution in [0.2, 0.25) is 0 Å². The highest BCUT2D eigenvalue weighted by molar-refractivity contribution is 5.74. The summed E-state index contributed by atoms with van der Waals surface area (Å²) in [6.07, 6.45) is 0.540. The van der Waals surface area contributed by atoms with Gasteiger partial charge in [0, 0.05) is 20.5 Å². The predicted octanol–water partition coefficient (Wildman–Crippen LogP) is 0.625. The molecule has 0 aromatic heterocycles. The molecule has 1 amide bonds. The molecule has 0 rings (SSSR count). The minimum absolute atomic E-state index is 0. The smallest absolute Gasteiger partial charge is 0.233 e. The minimum atomic E-state index is 0. The van der Waals surface area contributed by atoms with E-state index in [1.807, 2.05) is 6.92 Å². The van der Waals surface area contributed by atoms with Crippen LogP contribution in [0.5, 0.6) is 0 Å². The Morgan fingerprint density at radius 1 is 1.56 bits per heavy atom. The van der Waals surface area contributed by atoms with Crippen molar-refractivity contribution in [2.75, 3.05) is 14.1 Å². The molecule has 3 nitrogen and oxygen atoms in total. The van der Waals surface area contributed by atoms with Crippen molar-refractivity contribution in [1.82, 2.24) is 10.4 Å². The minimum Gasteiger partial charge on any atom is -0.289 e. The molecular formula is C6H16N2O. The molecule has 3 heteroatoms. The number of nitrogens with zero attached hydrogens (tertiary/aromatic N) is 1. The molecule has 0 atom stereocenters. The summed E-state index contributed by atoms with van der Waals surface area (Å²) in [5.74, 6) is 0.0509. The van der Waals surface area contributed by atoms with Crippen LogP contribution in [0.25, 0.3) is 0 Å². The molecule has 0 saturated carbocycles. The van der Waals surface area contributed by atoms with Gasteiger partial charge in [-0.1, -0.05) is 14.4 Å². The fourth-order valence-electron chi connectivity index (χ4n) is 0.328. The lowest BCUT2D eigenvalue weighted by Gasteiger charge is -2.09. The predicted molar refractivity (Wildman–Crippen MR) is 38.9 cm³/mol. The van der Waals surface area contributed by atoms with Gasteiger partial charge in [-0.15, -0.1) is 0 Å². The Kier molecular flexibility index (Phi) is 6.96. The standard InChI is InChI=1S/C5H12N2O.CH4/c1-4-5(8)6-7(2)3;/h4H2,1-3H3,(H,6,8);1H4. The molecule has 0 bridgehead atoms. The van der Waals surface area contributed by atoms with Crippen LogP contribution >= 0.6 is 0 Å². The van der Waals surface area contributed by atoms with Crippen LogP contribution in [0.1, 0.15) is 20.8 Å². The molecule has 0 radical (unpaired) electrons. The van der Waals surface area contributed by atoms with Gasteiger partial charge >= 0.3 is 0 Å². The fraction of sp³-hybridized carbons (Fsp3) is 0.833. The first-order chi connectivity index (χ1) is 3.66. The Bertz CT molecular complexity index is 81.1. The first kappa shape index (κ1) is 11.3. The molecule has 0 fully saturated rings. The third-order valence-electron chi connectivity index (χ3n) is 0.669. The van der Waals surface area contributed by atoms with Crippen molar-refractivity contribution < 1.29 is 4.79 Å². The average molecular weight is 132 g/mol. The van der Waals surface area contributed by atoms with Crippen molar-refractivity contribution in [2.45, 2.75) is 20.8 Å². The highest BCUT2D eigenvalue weighted by Crippen LogP contribution is 1.73. The first-order valence-corrected chi connectivity index (χ1v) is 2.63. The van der Waals surface area contributed by atoms with Gasteiger partial charge in [0.1, 0.15) is 0 Å². The summed E-state index contributed by atoms with van der Waals surface area (Å²) in [5.41, 5.74) is 2.59. The monoisotopic (exact) mass is 132 g/mol. The van der Waals surface area contributed by atoms with Crippen LogP contribution in [-0.4, -0.2) is 25.0 Å². The first-order valence-electron chi connectivity index (χ1n) is 2.63. The maximum atomic E-state index is 10.5. The summed E-state index contributed by atoms with van der Waals surface area (Å²) in [5, 5.41) is 1.63. The van der Waals surface area contributed by atoms with Crippen molar-refractivity contribution in [1.29, 1.82) is 0 Å². The lowest BCUT2D eigenvalue weighted by atomic mass is 10.5. The Morgan fingerprint density at radius 2 is 2.00 bits per heavy atom. The van der Waals surface area contributed by atoms with Gasteiger partial charge in [-0.25, -0.2) is 5.01 Å². The molecular weight excluding hydrogens is 116 g/mol. The quantitative estimate of drug-likeness (QED) is 0.559. The Balaban J connectivity index is 0. The second-order valence-corrected chi connectivity index (χ2v) is 1.78. The molecule has 0 spiro atoms. The Labute approximate surface area is 57.0 Å². The maximum Gasteiger partial charge on any atom is 0.233 e. The van der Waals surface area contributed by atoms with Crippen molar-refractivity contribution in [3.05, 3.63) is 0 Å². The molecule has 0 aromatic rings. The molecule has 1 N–H and O–H groups in total. The number of rotatable bonds is 2. The van der Waals surface area contributed by atoms with E-state index in [1.54, 1.807) is 19.1 Å². The van der Waals surface area contributed by atoms with Gasteiger partial charge in [0.15, 0.2) is 0 Å². The lowest BCUT2D eigenvalue weighted by Crippen LogP contribution is -2.35. The maximum absolute atomic E-state index is 10.5. The molecule has 0 saturated heterocycles. The summed E-state index contributed by atoms with van der Waals surface area (Å²) in [6.45, 7) is 1.82. The Morgan fingerprint density at radius 3 is 2.11 bits per heavy atom. The summed E-state index contributed by atoms with van der Waals surface area (Å²) in [7, 11) is 3.57. The van der Waals surface area contributed by atoms with Gasteiger partial charge in [-0.05, 0) is 0 Å². The second-order valence-electron chi connectivity index (χ2n) is 1.78. The molecule has 0 aliphatic carbocycles. The van der Waals surface area contributed by atoms with E-state index in [4.69, 9.17) is 0 Å². The van der Waals surface area contributed by atoms with E-state index in [-0.39, 0.29) is 13.3 Å². The van der Waals surface area contributed by atoms with E-state index < -0.39 is 0 Å². The second kappa shape index (κ2) is 5.56. The number of carbonyl (C=O) groups excluding carboxylic acids is 1. The van der Waals surface area contributed by atoms with E-state index >= 15 is 0 Å². The third-order valence-corrected chi connectivity index (χ3v) is 0.669. The van der Waals surface area contributed by atoms with Crippen molar-refractivity contribution in [3.8, 4) is 0 Å². The van der Waals surface area contributed by atoms with Crippen LogP contribution < -0.4 is 5.43 Å². The van der Waals surface area contributed by atoms with E-state index in [2.05, 4.69) is 5.43 Å². The van der Waals surface area contributed by atoms with Gasteiger partial charge in [0.25, 0.3) is 0 Å². The number of nitrogens with one attached hydrogen (secondary N) is 1. The van der Waals surface area contributed by atoms with Crippen LogP contribution in [0.15, 0.2) is 0 Å². The fourth-order valence-corrected chi connectivity index (χ4v) is 0.328. The molecule has 0 aliphatic heterocycles. The number of hydrogen-bond acceptors (Lipinski definition) is 2. The zero-order chi connectivity index (χ0) is 6.57. The molecule has 0 unspecified atom stereocenters. The number of amides is 1. The van der Waals surface area contributed by atoms with Crippen molar-refractivity contribution >= 4 is 5.91 Å². The third kappa shape index (κ3) is 7.43. The van der Waals surface area contributed by atoms with Crippen molar-refractivity contribution in [3.63, 3.8) is 0 Å². The van der Waals surface area contributed by atoms with E-state index in [9.17, 15) is 4.79 Å². The zero-order valence-electron chi connectivity index (χ0n) is 5.56. The lowest BCUT2D eigenvalue weighted by molar-refractivity contribution is -0.124. The van der Waals surface area contributed by atoms with E-state index in [1.165, 1.54) is 0 Å². The molecule has 0 aromatic carbocycles. The molecule has 0 aliphatic rings. The number of carbonyl (C=O) groups is 1. The van der Waals surface area contributed by atoms with Crippen LogP contribution in [0, 0.1) is 0 Å². The van der Waals surface area contributed by atoms with Crippen LogP contribution in [0.4, 0.5) is 0 Å². The average Bonchev–Trinajstić information content (AvgIpc) is 1.65. The molecule has 9 heavy (non-hydrogen) atoms. The Hall–Kier alpha value is -0.570. The summed E-state index contributed by atoms with van der Waals surface area (Å²) in [6, 6.07) is 0. The van der Waals surface area contributed by atoms with Gasteiger partial charge < -0.3 is 0 Å². The molecule has 56 valence electrons. The number of hydrazine groups is 1. The highest BCUT2D eigenvalue weighted by atomic mass is 16.2. The van der Waals surface area contributed by atoms with Gasteiger partial charge in [-0.3, -0.25) is 10.2 Å². The van der Waals surface area contributed by atoms with Gasteiger partial charge in [-0.2, -0.15) is 0 Å². The van der Waals surface area contributed by atoms with E-state index in [0.29, 0.717) is 6.42 Å².